The standard InChI is InChI=1S/C16H19NO2/c1-17(2)14(18)15-9-13(16(19,10-15)11-15)8-12-6-4-3-5-7-12/h3-8,19H,9-11H2,1-2H3/b13-8+. The molecule has 0 heterocycles. The molecule has 3 fully saturated rings. The third kappa shape index (κ3) is 1.80. The van der Waals surface area contributed by atoms with Crippen LogP contribution in [0.15, 0.2) is 35.9 Å². The van der Waals surface area contributed by atoms with E-state index in [1.165, 1.54) is 0 Å². The predicted molar refractivity (Wildman–Crippen MR) is 74.3 cm³/mol. The Kier molecular flexibility index (Phi) is 2.58. The molecule has 3 nitrogen and oxygen atoms in total. The lowest BCUT2D eigenvalue weighted by Gasteiger charge is -2.43. The highest BCUT2D eigenvalue weighted by molar-refractivity contribution is 5.87. The normalized spacial score (nSPS) is 34.2. The summed E-state index contributed by atoms with van der Waals surface area (Å²) in [6, 6.07) is 9.98. The number of fused-ring (bicyclic) bond motifs is 1. The van der Waals surface area contributed by atoms with Crippen molar-refractivity contribution >= 4 is 12.0 Å². The van der Waals surface area contributed by atoms with Crippen LogP contribution in [0, 0.1) is 5.41 Å². The van der Waals surface area contributed by atoms with Gasteiger partial charge in [0.15, 0.2) is 0 Å². The Morgan fingerprint density at radius 1 is 1.26 bits per heavy atom. The minimum Gasteiger partial charge on any atom is -0.385 e. The van der Waals surface area contributed by atoms with Gasteiger partial charge in [-0.2, -0.15) is 0 Å². The largest absolute Gasteiger partial charge is 0.385 e. The summed E-state index contributed by atoms with van der Waals surface area (Å²) >= 11 is 0. The molecule has 4 rings (SSSR count). The van der Waals surface area contributed by atoms with Crippen LogP contribution in [0.5, 0.6) is 0 Å². The molecule has 19 heavy (non-hydrogen) atoms. The Morgan fingerprint density at radius 2 is 1.89 bits per heavy atom. The van der Waals surface area contributed by atoms with Gasteiger partial charge in [0.1, 0.15) is 0 Å². The average molecular weight is 257 g/mol. The van der Waals surface area contributed by atoms with Crippen molar-refractivity contribution in [3.8, 4) is 0 Å². The molecule has 0 aromatic heterocycles. The second-order valence-electron chi connectivity index (χ2n) is 6.12. The van der Waals surface area contributed by atoms with E-state index in [0.29, 0.717) is 19.3 Å². The van der Waals surface area contributed by atoms with Gasteiger partial charge >= 0.3 is 0 Å². The predicted octanol–water partition coefficient (Wildman–Crippen LogP) is 2.07. The zero-order valence-corrected chi connectivity index (χ0v) is 11.4. The number of carbonyl (C=O) groups is 1. The first-order valence-corrected chi connectivity index (χ1v) is 6.66. The Hall–Kier alpha value is -1.61. The molecule has 0 saturated heterocycles. The number of benzene rings is 1. The summed E-state index contributed by atoms with van der Waals surface area (Å²) in [6.45, 7) is 0. The third-order valence-corrected chi connectivity index (χ3v) is 4.39. The van der Waals surface area contributed by atoms with Crippen molar-refractivity contribution in [3.63, 3.8) is 0 Å². The highest BCUT2D eigenvalue weighted by Crippen LogP contribution is 2.65. The van der Waals surface area contributed by atoms with E-state index in [0.717, 1.165) is 11.1 Å². The lowest BCUT2D eigenvalue weighted by molar-refractivity contribution is -0.152. The van der Waals surface area contributed by atoms with Gasteiger partial charge in [-0.15, -0.1) is 0 Å². The molecule has 3 saturated carbocycles. The Bertz CT molecular complexity index is 539. The first-order chi connectivity index (χ1) is 8.95. The van der Waals surface area contributed by atoms with E-state index in [-0.39, 0.29) is 11.3 Å². The number of aliphatic hydroxyl groups is 1. The van der Waals surface area contributed by atoms with Crippen molar-refractivity contribution in [1.82, 2.24) is 4.90 Å². The quantitative estimate of drug-likeness (QED) is 0.881. The van der Waals surface area contributed by atoms with Gasteiger partial charge in [0.2, 0.25) is 5.91 Å². The van der Waals surface area contributed by atoms with Gasteiger partial charge in [-0.05, 0) is 30.4 Å². The van der Waals surface area contributed by atoms with Crippen molar-refractivity contribution in [2.45, 2.75) is 24.9 Å². The topological polar surface area (TPSA) is 40.5 Å². The molecule has 1 N–H and O–H groups in total. The Morgan fingerprint density at radius 3 is 2.47 bits per heavy atom. The van der Waals surface area contributed by atoms with E-state index >= 15 is 0 Å². The zero-order valence-electron chi connectivity index (χ0n) is 11.4. The Balaban J connectivity index is 1.88. The fourth-order valence-electron chi connectivity index (χ4n) is 3.59. The van der Waals surface area contributed by atoms with Crippen LogP contribution in [0.1, 0.15) is 24.8 Å². The third-order valence-electron chi connectivity index (χ3n) is 4.39. The lowest BCUT2D eigenvalue weighted by Crippen LogP contribution is -2.51. The van der Waals surface area contributed by atoms with Crippen molar-refractivity contribution in [3.05, 3.63) is 41.5 Å². The molecule has 3 aliphatic rings. The molecule has 100 valence electrons. The number of carbonyl (C=O) groups excluding carboxylic acids is 1. The van der Waals surface area contributed by atoms with E-state index in [1.54, 1.807) is 19.0 Å². The molecule has 0 unspecified atom stereocenters. The maximum Gasteiger partial charge on any atom is 0.228 e. The van der Waals surface area contributed by atoms with Gasteiger partial charge < -0.3 is 10.0 Å². The molecular weight excluding hydrogens is 238 g/mol. The number of nitrogens with zero attached hydrogens (tertiary/aromatic N) is 1. The van der Waals surface area contributed by atoms with Crippen molar-refractivity contribution in [2.75, 3.05) is 14.1 Å². The zero-order chi connectivity index (χ0) is 13.7. The van der Waals surface area contributed by atoms with Crippen LogP contribution in [-0.4, -0.2) is 35.6 Å². The molecule has 0 radical (unpaired) electrons. The molecule has 3 aliphatic carbocycles. The van der Waals surface area contributed by atoms with E-state index in [4.69, 9.17) is 0 Å². The van der Waals surface area contributed by atoms with Gasteiger partial charge in [-0.3, -0.25) is 4.79 Å². The summed E-state index contributed by atoms with van der Waals surface area (Å²) in [5, 5.41) is 10.5. The summed E-state index contributed by atoms with van der Waals surface area (Å²) in [5.41, 5.74) is 1.00. The molecule has 1 aromatic rings. The first kappa shape index (κ1) is 12.4. The SMILES string of the molecule is CN(C)C(=O)C12C/C(=C\c3ccccc3)C(O)(C1)C2. The van der Waals surface area contributed by atoms with Crippen LogP contribution in [0.3, 0.4) is 0 Å². The maximum absolute atomic E-state index is 12.2. The molecule has 1 amide bonds. The number of hydrogen-bond acceptors (Lipinski definition) is 2. The van der Waals surface area contributed by atoms with Crippen LogP contribution in [0.25, 0.3) is 6.08 Å². The number of rotatable bonds is 2. The van der Waals surface area contributed by atoms with Crippen LogP contribution in [0.4, 0.5) is 0 Å². The first-order valence-electron chi connectivity index (χ1n) is 6.66. The summed E-state index contributed by atoms with van der Waals surface area (Å²) in [7, 11) is 3.57. The number of hydrogen-bond donors (Lipinski definition) is 1. The van der Waals surface area contributed by atoms with Crippen LogP contribution < -0.4 is 0 Å². The van der Waals surface area contributed by atoms with E-state index in [9.17, 15) is 9.90 Å². The van der Waals surface area contributed by atoms with E-state index in [1.807, 2.05) is 36.4 Å². The highest BCUT2D eigenvalue weighted by Gasteiger charge is 2.66. The summed E-state index contributed by atoms with van der Waals surface area (Å²) < 4.78 is 0. The Labute approximate surface area is 113 Å². The summed E-state index contributed by atoms with van der Waals surface area (Å²) in [6.07, 6.45) is 3.89. The second kappa shape index (κ2) is 3.94. The van der Waals surface area contributed by atoms with Gasteiger partial charge in [0.05, 0.1) is 11.0 Å². The van der Waals surface area contributed by atoms with Gasteiger partial charge in [0.25, 0.3) is 0 Å². The molecule has 3 heteroatoms. The monoisotopic (exact) mass is 257 g/mol. The minimum atomic E-state index is -0.749. The smallest absolute Gasteiger partial charge is 0.228 e. The van der Waals surface area contributed by atoms with Gasteiger partial charge in [-0.25, -0.2) is 0 Å². The summed E-state index contributed by atoms with van der Waals surface area (Å²) in [4.78, 5) is 13.9. The number of amides is 1. The molecular formula is C16H19NO2. The van der Waals surface area contributed by atoms with Crippen LogP contribution >= 0.6 is 0 Å². The molecule has 1 aromatic carbocycles. The summed E-state index contributed by atoms with van der Waals surface area (Å²) in [5.74, 6) is 0.147. The molecule has 2 bridgehead atoms. The maximum atomic E-state index is 12.2. The minimum absolute atomic E-state index is 0.147. The molecule has 0 atom stereocenters. The molecule has 0 aliphatic heterocycles. The van der Waals surface area contributed by atoms with Crippen molar-refractivity contribution in [1.29, 1.82) is 0 Å². The lowest BCUT2D eigenvalue weighted by atomic mass is 9.66. The average Bonchev–Trinajstić information content (AvgIpc) is 2.77. The van der Waals surface area contributed by atoms with Crippen LogP contribution in [0.2, 0.25) is 0 Å². The van der Waals surface area contributed by atoms with Gasteiger partial charge in [-0.1, -0.05) is 36.4 Å². The van der Waals surface area contributed by atoms with E-state index in [2.05, 4.69) is 0 Å². The fourth-order valence-corrected chi connectivity index (χ4v) is 3.59. The highest BCUT2D eigenvalue weighted by atomic mass is 16.3. The fraction of sp³-hybridized carbons (Fsp3) is 0.438. The van der Waals surface area contributed by atoms with Crippen LogP contribution in [-0.2, 0) is 4.79 Å². The second-order valence-corrected chi connectivity index (χ2v) is 6.12. The van der Waals surface area contributed by atoms with Crippen molar-refractivity contribution in [2.24, 2.45) is 5.41 Å². The molecule has 0 spiro atoms. The van der Waals surface area contributed by atoms with Crippen molar-refractivity contribution < 1.29 is 9.90 Å². The van der Waals surface area contributed by atoms with Gasteiger partial charge in [0, 0.05) is 14.1 Å². The van der Waals surface area contributed by atoms with E-state index < -0.39 is 5.60 Å².